The number of hydrogen-bond donors (Lipinski definition) is 1. The Balaban J connectivity index is 1.20. The molecule has 10 nitrogen and oxygen atoms in total. The van der Waals surface area contributed by atoms with Crippen LogP contribution in [0.15, 0.2) is 35.6 Å². The van der Waals surface area contributed by atoms with Crippen LogP contribution in [0, 0.1) is 0 Å². The molecule has 1 amide bonds. The second-order valence-corrected chi connectivity index (χ2v) is 8.03. The number of piperazine rings is 1. The summed E-state index contributed by atoms with van der Waals surface area (Å²) >= 11 is 0. The lowest BCUT2D eigenvalue weighted by atomic mass is 10.3. The topological polar surface area (TPSA) is 109 Å². The number of carbonyl (C=O) groups is 1. The molecule has 0 aromatic carbocycles. The Bertz CT molecular complexity index is 1180. The molecule has 1 N–H and O–H groups in total. The number of halogens is 3. The summed E-state index contributed by atoms with van der Waals surface area (Å²) in [6.45, 7) is 4.29. The molecule has 0 spiro atoms. The van der Waals surface area contributed by atoms with Crippen LogP contribution in [0.2, 0.25) is 0 Å². The van der Waals surface area contributed by atoms with Crippen LogP contribution < -0.4 is 10.5 Å². The quantitative estimate of drug-likeness (QED) is 0.515. The van der Waals surface area contributed by atoms with Gasteiger partial charge in [0.05, 0.1) is 48.3 Å². The smallest absolute Gasteiger partial charge is 0.379 e. The summed E-state index contributed by atoms with van der Waals surface area (Å²) < 4.78 is 45.6. The summed E-state index contributed by atoms with van der Waals surface area (Å²) in [6, 6.07) is 1.68. The van der Waals surface area contributed by atoms with Crippen molar-refractivity contribution in [2.24, 2.45) is 0 Å². The van der Waals surface area contributed by atoms with Crippen LogP contribution in [0.25, 0.3) is 10.9 Å². The van der Waals surface area contributed by atoms with Crippen molar-refractivity contribution in [3.8, 4) is 0 Å². The van der Waals surface area contributed by atoms with Crippen molar-refractivity contribution in [3.63, 3.8) is 0 Å². The van der Waals surface area contributed by atoms with Crippen LogP contribution in [0.4, 0.5) is 19.1 Å². The van der Waals surface area contributed by atoms with Gasteiger partial charge < -0.3 is 19.1 Å². The highest BCUT2D eigenvalue weighted by molar-refractivity contribution is 5.78. The van der Waals surface area contributed by atoms with Gasteiger partial charge in [0.1, 0.15) is 0 Å². The number of rotatable bonds is 7. The van der Waals surface area contributed by atoms with E-state index in [1.807, 2.05) is 11.5 Å². The summed E-state index contributed by atoms with van der Waals surface area (Å²) in [4.78, 5) is 35.4. The number of aromatic nitrogens is 5. The Morgan fingerprint density at radius 3 is 2.56 bits per heavy atom. The molecule has 1 unspecified atom stereocenters. The highest BCUT2D eigenvalue weighted by Crippen LogP contribution is 2.28. The third-order valence-corrected chi connectivity index (χ3v) is 5.73. The highest BCUT2D eigenvalue weighted by Gasteiger charge is 2.32. The Morgan fingerprint density at radius 2 is 1.88 bits per heavy atom. The fourth-order valence-electron chi connectivity index (χ4n) is 3.82. The van der Waals surface area contributed by atoms with Gasteiger partial charge in [-0.15, -0.1) is 0 Å². The number of alkyl halides is 3. The molecule has 0 saturated carbocycles. The van der Waals surface area contributed by atoms with Crippen LogP contribution in [0.5, 0.6) is 0 Å². The van der Waals surface area contributed by atoms with Crippen LogP contribution >= 0.6 is 0 Å². The normalized spacial score (nSPS) is 15.6. The van der Waals surface area contributed by atoms with Gasteiger partial charge in [0.2, 0.25) is 11.9 Å². The Labute approximate surface area is 192 Å². The number of nitrogens with zero attached hydrogens (tertiary/aromatic N) is 6. The van der Waals surface area contributed by atoms with Crippen LogP contribution in [-0.4, -0.2) is 74.9 Å². The lowest BCUT2D eigenvalue weighted by Gasteiger charge is -2.34. The summed E-state index contributed by atoms with van der Waals surface area (Å²) in [6.07, 6.45) is 0.673. The van der Waals surface area contributed by atoms with Gasteiger partial charge >= 0.3 is 6.18 Å². The molecule has 34 heavy (non-hydrogen) atoms. The van der Waals surface area contributed by atoms with Crippen molar-refractivity contribution in [2.75, 3.05) is 44.3 Å². The molecule has 4 rings (SSSR count). The van der Waals surface area contributed by atoms with Gasteiger partial charge in [0.15, 0.2) is 0 Å². The first kappa shape index (κ1) is 23.7. The maximum absolute atomic E-state index is 12.7. The average Bonchev–Trinajstić information content (AvgIpc) is 3.27. The first-order chi connectivity index (χ1) is 16.2. The number of anilines is 1. The van der Waals surface area contributed by atoms with E-state index in [1.54, 1.807) is 28.3 Å². The van der Waals surface area contributed by atoms with E-state index in [0.717, 1.165) is 12.4 Å². The standard InChI is InChI=1S/C21H24F3N7O3/c1-14(31-4-2-16-17(31)12-27-28-19(16)33)13-34-9-3-18(32)29-5-7-30(8-6-29)20-25-10-15(11-26-20)21(22,23)24/h2,4,10-12,14H,3,5-9,13H2,1H3,(H,28,33). The molecule has 13 heteroatoms. The zero-order valence-electron chi connectivity index (χ0n) is 18.5. The number of aromatic amines is 1. The van der Waals surface area contributed by atoms with Gasteiger partial charge in [-0.25, -0.2) is 15.1 Å². The van der Waals surface area contributed by atoms with Crippen molar-refractivity contribution in [3.05, 3.63) is 46.8 Å². The molecule has 0 aliphatic carbocycles. The molecule has 1 aliphatic heterocycles. The van der Waals surface area contributed by atoms with E-state index in [-0.39, 0.29) is 36.5 Å². The van der Waals surface area contributed by atoms with Gasteiger partial charge in [-0.1, -0.05) is 0 Å². The predicted molar refractivity (Wildman–Crippen MR) is 116 cm³/mol. The fraction of sp³-hybridized carbons (Fsp3) is 0.476. The SMILES string of the molecule is CC(COCCC(=O)N1CCN(c2ncc(C(F)(F)F)cn2)CC1)n1ccc2c(=O)[nH]ncc21. The minimum absolute atomic E-state index is 0.0523. The highest BCUT2D eigenvalue weighted by atomic mass is 19.4. The minimum Gasteiger partial charge on any atom is -0.379 e. The average molecular weight is 479 g/mol. The van der Waals surface area contributed by atoms with Crippen LogP contribution in [0.1, 0.15) is 24.9 Å². The van der Waals surface area contributed by atoms with Gasteiger partial charge in [-0.05, 0) is 13.0 Å². The number of H-pyrrole nitrogens is 1. The van der Waals surface area contributed by atoms with Crippen molar-refractivity contribution in [1.82, 2.24) is 29.6 Å². The van der Waals surface area contributed by atoms with Gasteiger partial charge in [-0.2, -0.15) is 18.3 Å². The van der Waals surface area contributed by atoms with E-state index in [9.17, 15) is 22.8 Å². The number of carbonyl (C=O) groups excluding carboxylic acids is 1. The molecular weight excluding hydrogens is 455 g/mol. The second kappa shape index (κ2) is 9.79. The lowest BCUT2D eigenvalue weighted by molar-refractivity contribution is -0.138. The summed E-state index contributed by atoms with van der Waals surface area (Å²) in [7, 11) is 0. The molecule has 3 aromatic rings. The first-order valence-corrected chi connectivity index (χ1v) is 10.8. The van der Waals surface area contributed by atoms with Gasteiger partial charge in [-0.3, -0.25) is 9.59 Å². The summed E-state index contributed by atoms with van der Waals surface area (Å²) in [5, 5.41) is 6.78. The number of ether oxygens (including phenoxy) is 1. The molecule has 1 aliphatic rings. The van der Waals surface area contributed by atoms with E-state index in [2.05, 4.69) is 20.2 Å². The zero-order chi connectivity index (χ0) is 24.3. The van der Waals surface area contributed by atoms with Crippen molar-refractivity contribution < 1.29 is 22.7 Å². The maximum Gasteiger partial charge on any atom is 0.419 e. The minimum atomic E-state index is -4.48. The Hall–Kier alpha value is -3.48. The summed E-state index contributed by atoms with van der Waals surface area (Å²) in [5.74, 6) is 0.162. The van der Waals surface area contributed by atoms with Gasteiger partial charge in [0, 0.05) is 44.8 Å². The maximum atomic E-state index is 12.7. The number of hydrogen-bond acceptors (Lipinski definition) is 7. The molecule has 3 aromatic heterocycles. The van der Waals surface area contributed by atoms with Crippen molar-refractivity contribution >= 4 is 22.8 Å². The monoisotopic (exact) mass is 479 g/mol. The fourth-order valence-corrected chi connectivity index (χ4v) is 3.82. The van der Waals surface area contributed by atoms with E-state index in [0.29, 0.717) is 43.7 Å². The zero-order valence-corrected chi connectivity index (χ0v) is 18.5. The Morgan fingerprint density at radius 1 is 1.18 bits per heavy atom. The third-order valence-electron chi connectivity index (χ3n) is 5.73. The first-order valence-electron chi connectivity index (χ1n) is 10.8. The number of fused-ring (bicyclic) bond motifs is 1. The molecule has 0 radical (unpaired) electrons. The third kappa shape index (κ3) is 5.19. The molecule has 1 saturated heterocycles. The van der Waals surface area contributed by atoms with E-state index >= 15 is 0 Å². The molecule has 182 valence electrons. The molecule has 1 fully saturated rings. The van der Waals surface area contributed by atoms with Crippen LogP contribution in [0.3, 0.4) is 0 Å². The van der Waals surface area contributed by atoms with E-state index in [4.69, 9.17) is 4.74 Å². The summed E-state index contributed by atoms with van der Waals surface area (Å²) in [5.41, 5.74) is -0.430. The molecule has 4 heterocycles. The van der Waals surface area contributed by atoms with Crippen molar-refractivity contribution in [2.45, 2.75) is 25.6 Å². The van der Waals surface area contributed by atoms with E-state index < -0.39 is 11.7 Å². The second-order valence-electron chi connectivity index (χ2n) is 8.03. The molecular formula is C21H24F3N7O3. The van der Waals surface area contributed by atoms with Crippen molar-refractivity contribution in [1.29, 1.82) is 0 Å². The number of amides is 1. The number of nitrogens with one attached hydrogen (secondary N) is 1. The largest absolute Gasteiger partial charge is 0.419 e. The molecule has 1 atom stereocenters. The van der Waals surface area contributed by atoms with Gasteiger partial charge in [0.25, 0.3) is 5.56 Å². The molecule has 0 bridgehead atoms. The van der Waals surface area contributed by atoms with E-state index in [1.165, 1.54) is 0 Å². The van der Waals surface area contributed by atoms with Crippen LogP contribution in [-0.2, 0) is 15.7 Å². The Kier molecular flexibility index (Phi) is 6.82. The predicted octanol–water partition coefficient (Wildman–Crippen LogP) is 1.85. The lowest BCUT2D eigenvalue weighted by Crippen LogP contribution is -2.49.